The molecule has 0 atom stereocenters. The number of unbranched alkanes of at least 4 members (excludes halogenated alkanes) is 2. The summed E-state index contributed by atoms with van der Waals surface area (Å²) in [5.41, 5.74) is 0.149. The monoisotopic (exact) mass is 358 g/mol. The summed E-state index contributed by atoms with van der Waals surface area (Å²) >= 11 is 0. The fourth-order valence-corrected chi connectivity index (χ4v) is 2.50. The Hall–Kier alpha value is -2.74. The number of fused-ring (bicyclic) bond motifs is 1. The van der Waals surface area contributed by atoms with E-state index in [4.69, 9.17) is 13.9 Å². The molecule has 2 heterocycles. The predicted molar refractivity (Wildman–Crippen MR) is 96.1 cm³/mol. The predicted octanol–water partition coefficient (Wildman–Crippen LogP) is 2.95. The van der Waals surface area contributed by atoms with E-state index < -0.39 is 5.63 Å². The van der Waals surface area contributed by atoms with Gasteiger partial charge in [-0.15, -0.1) is 10.2 Å². The second-order valence-corrected chi connectivity index (χ2v) is 5.88. The molecule has 0 spiro atoms. The molecule has 0 radical (unpaired) electrons. The molecule has 0 amide bonds. The molecule has 8 heteroatoms. The van der Waals surface area contributed by atoms with Crippen LogP contribution in [0, 0.1) is 0 Å². The first kappa shape index (κ1) is 18.1. The molecule has 138 valence electrons. The molecule has 8 nitrogen and oxygen atoms in total. The average molecular weight is 358 g/mol. The van der Waals surface area contributed by atoms with E-state index in [0.29, 0.717) is 17.9 Å². The number of para-hydroxylation sites is 1. The van der Waals surface area contributed by atoms with Crippen LogP contribution in [0.4, 0.5) is 0 Å². The van der Waals surface area contributed by atoms with Crippen molar-refractivity contribution >= 4 is 11.0 Å². The van der Waals surface area contributed by atoms with Gasteiger partial charge in [-0.05, 0) is 36.6 Å². The van der Waals surface area contributed by atoms with Crippen molar-refractivity contribution < 1.29 is 13.9 Å². The van der Waals surface area contributed by atoms with Crippen LogP contribution in [-0.4, -0.2) is 40.4 Å². The van der Waals surface area contributed by atoms with Gasteiger partial charge in [0.25, 0.3) is 0 Å². The number of benzene rings is 1. The molecule has 0 aliphatic rings. The van der Waals surface area contributed by atoms with Gasteiger partial charge in [-0.2, -0.15) is 5.21 Å². The number of nitrogens with zero attached hydrogens (tertiary/aromatic N) is 3. The lowest BCUT2D eigenvalue weighted by Gasteiger charge is -2.09. The minimum absolute atomic E-state index is 0.204. The Bertz CT molecular complexity index is 877. The van der Waals surface area contributed by atoms with Gasteiger partial charge in [0.1, 0.15) is 5.56 Å². The zero-order valence-electron chi connectivity index (χ0n) is 14.7. The van der Waals surface area contributed by atoms with Gasteiger partial charge in [-0.3, -0.25) is 0 Å². The van der Waals surface area contributed by atoms with Crippen molar-refractivity contribution in [2.24, 2.45) is 0 Å². The van der Waals surface area contributed by atoms with Crippen LogP contribution in [0.1, 0.15) is 32.6 Å². The van der Waals surface area contributed by atoms with E-state index in [0.717, 1.165) is 44.3 Å². The van der Waals surface area contributed by atoms with Crippen molar-refractivity contribution in [1.29, 1.82) is 0 Å². The van der Waals surface area contributed by atoms with Crippen LogP contribution in [0.15, 0.2) is 33.5 Å². The molecule has 3 rings (SSSR count). The minimum atomic E-state index is -0.528. The van der Waals surface area contributed by atoms with Gasteiger partial charge in [0.15, 0.2) is 11.3 Å². The minimum Gasteiger partial charge on any atom is -0.490 e. The lowest BCUT2D eigenvalue weighted by molar-refractivity contribution is 0.124. The Kier molecular flexibility index (Phi) is 6.32. The van der Waals surface area contributed by atoms with Crippen LogP contribution < -0.4 is 10.4 Å². The van der Waals surface area contributed by atoms with Crippen molar-refractivity contribution in [3.8, 4) is 17.1 Å². The fraction of sp³-hybridized carbons (Fsp3) is 0.444. The van der Waals surface area contributed by atoms with Crippen LogP contribution in [0.25, 0.3) is 22.4 Å². The molecule has 2 aromatic heterocycles. The first-order chi connectivity index (χ1) is 12.8. The zero-order valence-corrected chi connectivity index (χ0v) is 14.7. The highest BCUT2D eigenvalue weighted by Crippen LogP contribution is 2.26. The number of ether oxygens (including phenoxy) is 2. The Balaban J connectivity index is 1.63. The molecule has 0 aliphatic carbocycles. The molecule has 0 bridgehead atoms. The summed E-state index contributed by atoms with van der Waals surface area (Å²) < 4.78 is 16.8. The molecule has 0 fully saturated rings. The maximum Gasteiger partial charge on any atom is 0.347 e. The highest BCUT2D eigenvalue weighted by atomic mass is 16.5. The first-order valence-electron chi connectivity index (χ1n) is 8.81. The van der Waals surface area contributed by atoms with E-state index in [1.165, 1.54) is 0 Å². The van der Waals surface area contributed by atoms with E-state index in [-0.39, 0.29) is 11.4 Å². The smallest absolute Gasteiger partial charge is 0.347 e. The molecule has 0 saturated carbocycles. The third kappa shape index (κ3) is 4.45. The average Bonchev–Trinajstić information content (AvgIpc) is 3.18. The van der Waals surface area contributed by atoms with E-state index in [1.807, 2.05) is 12.1 Å². The number of tetrazole rings is 1. The molecular formula is C18H22N4O4. The van der Waals surface area contributed by atoms with E-state index in [2.05, 4.69) is 27.5 Å². The van der Waals surface area contributed by atoms with Crippen LogP contribution in [-0.2, 0) is 4.74 Å². The molecule has 0 saturated heterocycles. The zero-order chi connectivity index (χ0) is 18.2. The van der Waals surface area contributed by atoms with Gasteiger partial charge >= 0.3 is 5.63 Å². The van der Waals surface area contributed by atoms with E-state index in [1.54, 1.807) is 12.1 Å². The Morgan fingerprint density at radius 2 is 2.00 bits per heavy atom. The summed E-state index contributed by atoms with van der Waals surface area (Å²) in [4.78, 5) is 12.2. The van der Waals surface area contributed by atoms with Gasteiger partial charge in [-0.1, -0.05) is 25.5 Å². The van der Waals surface area contributed by atoms with Crippen molar-refractivity contribution in [3.63, 3.8) is 0 Å². The summed E-state index contributed by atoms with van der Waals surface area (Å²) in [7, 11) is 0. The normalized spacial score (nSPS) is 11.1. The summed E-state index contributed by atoms with van der Waals surface area (Å²) in [5, 5.41) is 14.2. The largest absolute Gasteiger partial charge is 0.490 e. The SMILES string of the molecule is CCCCOCCCCOc1cccc2cc(-c3nn[nH]n3)c(=O)oc12. The topological polar surface area (TPSA) is 103 Å². The Morgan fingerprint density at radius 3 is 2.81 bits per heavy atom. The molecule has 0 unspecified atom stereocenters. The molecule has 0 aliphatic heterocycles. The highest BCUT2D eigenvalue weighted by molar-refractivity contribution is 5.85. The molecule has 26 heavy (non-hydrogen) atoms. The van der Waals surface area contributed by atoms with Crippen molar-refractivity contribution in [1.82, 2.24) is 20.6 Å². The quantitative estimate of drug-likeness (QED) is 0.439. The molecule has 1 aromatic carbocycles. The van der Waals surface area contributed by atoms with Gasteiger partial charge in [0.05, 0.1) is 6.61 Å². The summed E-state index contributed by atoms with van der Waals surface area (Å²) in [5.74, 6) is 0.751. The van der Waals surface area contributed by atoms with Crippen LogP contribution in [0.5, 0.6) is 5.75 Å². The van der Waals surface area contributed by atoms with Crippen LogP contribution >= 0.6 is 0 Å². The maximum atomic E-state index is 12.2. The lowest BCUT2D eigenvalue weighted by Crippen LogP contribution is -2.06. The molecule has 1 N–H and O–H groups in total. The molecule has 3 aromatic rings. The summed E-state index contributed by atoms with van der Waals surface area (Å²) in [6.45, 7) is 4.23. The standard InChI is InChI=1S/C18H22N4O4/c1-2-3-9-24-10-4-5-11-25-15-8-6-7-13-12-14(17-19-21-22-20-17)18(23)26-16(13)15/h6-8,12H,2-5,9-11H2,1H3,(H,19,20,21,22). The van der Waals surface area contributed by atoms with Crippen molar-refractivity contribution in [3.05, 3.63) is 34.7 Å². The number of hydrogen-bond donors (Lipinski definition) is 1. The van der Waals surface area contributed by atoms with Crippen molar-refractivity contribution in [2.75, 3.05) is 19.8 Å². The third-order valence-corrected chi connectivity index (χ3v) is 3.89. The summed E-state index contributed by atoms with van der Waals surface area (Å²) in [6, 6.07) is 7.17. The summed E-state index contributed by atoms with van der Waals surface area (Å²) in [6.07, 6.45) is 4.04. The van der Waals surface area contributed by atoms with Gasteiger partial charge in [-0.25, -0.2) is 4.79 Å². The third-order valence-electron chi connectivity index (χ3n) is 3.89. The molecular weight excluding hydrogens is 336 g/mol. The number of hydrogen-bond acceptors (Lipinski definition) is 7. The van der Waals surface area contributed by atoms with Gasteiger partial charge < -0.3 is 13.9 Å². The van der Waals surface area contributed by atoms with Gasteiger partial charge in [0, 0.05) is 18.6 Å². The number of aromatic nitrogens is 4. The van der Waals surface area contributed by atoms with E-state index in [9.17, 15) is 4.79 Å². The second kappa shape index (κ2) is 9.10. The Morgan fingerprint density at radius 1 is 1.15 bits per heavy atom. The highest BCUT2D eigenvalue weighted by Gasteiger charge is 2.14. The number of aromatic amines is 1. The first-order valence-corrected chi connectivity index (χ1v) is 8.81. The number of nitrogens with one attached hydrogen (secondary N) is 1. The maximum absolute atomic E-state index is 12.2. The number of rotatable bonds is 10. The number of H-pyrrole nitrogens is 1. The lowest BCUT2D eigenvalue weighted by atomic mass is 10.1. The fourth-order valence-electron chi connectivity index (χ4n) is 2.50. The van der Waals surface area contributed by atoms with Crippen LogP contribution in [0.3, 0.4) is 0 Å². The second-order valence-electron chi connectivity index (χ2n) is 5.88. The van der Waals surface area contributed by atoms with E-state index >= 15 is 0 Å². The van der Waals surface area contributed by atoms with Gasteiger partial charge in [0.2, 0.25) is 5.82 Å². The Labute approximate surface area is 150 Å². The van der Waals surface area contributed by atoms with Crippen LogP contribution in [0.2, 0.25) is 0 Å². The van der Waals surface area contributed by atoms with Crippen molar-refractivity contribution in [2.45, 2.75) is 32.6 Å².